The van der Waals surface area contributed by atoms with Crippen LogP contribution in [0.5, 0.6) is 0 Å². The van der Waals surface area contributed by atoms with Crippen LogP contribution in [0, 0.1) is 5.92 Å². The molecule has 1 fully saturated rings. The number of unbranched alkanes of at least 4 members (excludes halogenated alkanes) is 2. The minimum Gasteiger partial charge on any atom is -0.393 e. The molecule has 1 rings (SSSR count). The molecule has 3 heteroatoms. The predicted octanol–water partition coefficient (Wildman–Crippen LogP) is 1.62. The summed E-state index contributed by atoms with van der Waals surface area (Å²) in [4.78, 5) is 0. The van der Waals surface area contributed by atoms with Gasteiger partial charge >= 0.3 is 0 Å². The van der Waals surface area contributed by atoms with E-state index in [4.69, 9.17) is 0 Å². The van der Waals surface area contributed by atoms with Gasteiger partial charge in [0.05, 0.1) is 18.3 Å². The lowest BCUT2D eigenvalue weighted by Gasteiger charge is -2.10. The fraction of sp³-hybridized carbons (Fsp3) is 0.846. The maximum atomic E-state index is 9.66. The highest BCUT2D eigenvalue weighted by molar-refractivity contribution is 5.00. The molecule has 0 heterocycles. The van der Waals surface area contributed by atoms with E-state index in [1.807, 2.05) is 6.08 Å². The summed E-state index contributed by atoms with van der Waals surface area (Å²) in [5.74, 6) is 0.0100. The molecule has 0 aromatic carbocycles. The molecule has 0 saturated heterocycles. The molecule has 0 radical (unpaired) electrons. The van der Waals surface area contributed by atoms with Gasteiger partial charge in [0.25, 0.3) is 0 Å². The van der Waals surface area contributed by atoms with E-state index in [0.717, 1.165) is 25.7 Å². The highest BCUT2D eigenvalue weighted by Gasteiger charge is 2.29. The zero-order valence-electron chi connectivity index (χ0n) is 10.0. The van der Waals surface area contributed by atoms with Crippen molar-refractivity contribution in [2.45, 2.75) is 63.8 Å². The van der Waals surface area contributed by atoms with Gasteiger partial charge in [-0.05, 0) is 19.3 Å². The molecule has 3 nitrogen and oxygen atoms in total. The Morgan fingerprint density at radius 1 is 1.25 bits per heavy atom. The van der Waals surface area contributed by atoms with Crippen LogP contribution in [-0.4, -0.2) is 33.6 Å². The fourth-order valence-corrected chi connectivity index (χ4v) is 2.20. The van der Waals surface area contributed by atoms with Crippen LogP contribution in [0.4, 0.5) is 0 Å². The molecule has 0 aromatic rings. The Labute approximate surface area is 97.8 Å². The molecule has 3 N–H and O–H groups in total. The third-order valence-electron chi connectivity index (χ3n) is 3.24. The molecule has 1 aliphatic rings. The van der Waals surface area contributed by atoms with Crippen LogP contribution in [0.1, 0.15) is 45.4 Å². The summed E-state index contributed by atoms with van der Waals surface area (Å²) in [5.41, 5.74) is 0. The quantitative estimate of drug-likeness (QED) is 0.478. The number of aliphatic hydroxyl groups is 3. The van der Waals surface area contributed by atoms with E-state index in [0.29, 0.717) is 12.8 Å². The van der Waals surface area contributed by atoms with Crippen molar-refractivity contribution in [3.8, 4) is 0 Å². The van der Waals surface area contributed by atoms with Gasteiger partial charge < -0.3 is 15.3 Å². The van der Waals surface area contributed by atoms with E-state index in [1.165, 1.54) is 0 Å². The second-order valence-electron chi connectivity index (χ2n) is 4.80. The van der Waals surface area contributed by atoms with Gasteiger partial charge in [-0.25, -0.2) is 0 Å². The highest BCUT2D eigenvalue weighted by Crippen LogP contribution is 2.27. The monoisotopic (exact) mass is 228 g/mol. The van der Waals surface area contributed by atoms with Crippen LogP contribution in [-0.2, 0) is 0 Å². The number of hydrogen-bond acceptors (Lipinski definition) is 3. The van der Waals surface area contributed by atoms with Gasteiger partial charge in [-0.1, -0.05) is 38.3 Å². The Morgan fingerprint density at radius 2 is 2.00 bits per heavy atom. The third kappa shape index (κ3) is 4.64. The smallest absolute Gasteiger partial charge is 0.0721 e. The van der Waals surface area contributed by atoms with Crippen LogP contribution in [0.25, 0.3) is 0 Å². The molecule has 0 aliphatic heterocycles. The Bertz CT molecular complexity index is 215. The van der Waals surface area contributed by atoms with Crippen LogP contribution >= 0.6 is 0 Å². The SMILES string of the molecule is CCCCCC(O)C=CC1CC(O)CC1O. The summed E-state index contributed by atoms with van der Waals surface area (Å²) in [6.07, 6.45) is 7.58. The molecular weight excluding hydrogens is 204 g/mol. The van der Waals surface area contributed by atoms with Crippen molar-refractivity contribution in [1.82, 2.24) is 0 Å². The largest absolute Gasteiger partial charge is 0.393 e. The first-order chi connectivity index (χ1) is 7.63. The van der Waals surface area contributed by atoms with E-state index in [9.17, 15) is 15.3 Å². The molecule has 0 bridgehead atoms. The van der Waals surface area contributed by atoms with Crippen LogP contribution in [0.3, 0.4) is 0 Å². The molecule has 4 unspecified atom stereocenters. The minimum atomic E-state index is -0.450. The van der Waals surface area contributed by atoms with Crippen molar-refractivity contribution in [3.05, 3.63) is 12.2 Å². The lowest BCUT2D eigenvalue weighted by molar-refractivity contribution is 0.128. The van der Waals surface area contributed by atoms with Gasteiger partial charge in [-0.3, -0.25) is 0 Å². The van der Waals surface area contributed by atoms with E-state index in [-0.39, 0.29) is 12.0 Å². The van der Waals surface area contributed by atoms with Crippen molar-refractivity contribution in [2.24, 2.45) is 5.92 Å². The maximum absolute atomic E-state index is 9.66. The van der Waals surface area contributed by atoms with Crippen LogP contribution in [0.15, 0.2) is 12.2 Å². The molecule has 4 atom stereocenters. The molecule has 0 amide bonds. The summed E-state index contributed by atoms with van der Waals surface area (Å²) in [7, 11) is 0. The number of rotatable bonds is 6. The summed E-state index contributed by atoms with van der Waals surface area (Å²) < 4.78 is 0. The number of hydrogen-bond donors (Lipinski definition) is 3. The Morgan fingerprint density at radius 3 is 2.56 bits per heavy atom. The lowest BCUT2D eigenvalue weighted by Crippen LogP contribution is -2.11. The van der Waals surface area contributed by atoms with Crippen molar-refractivity contribution in [1.29, 1.82) is 0 Å². The second-order valence-corrected chi connectivity index (χ2v) is 4.80. The summed E-state index contributed by atoms with van der Waals surface area (Å²) in [5, 5.41) is 28.6. The van der Waals surface area contributed by atoms with Crippen molar-refractivity contribution < 1.29 is 15.3 Å². The van der Waals surface area contributed by atoms with E-state index < -0.39 is 12.2 Å². The number of aliphatic hydroxyl groups excluding tert-OH is 3. The fourth-order valence-electron chi connectivity index (χ4n) is 2.20. The van der Waals surface area contributed by atoms with Gasteiger partial charge in [0.15, 0.2) is 0 Å². The Kier molecular flexibility index (Phi) is 6.03. The third-order valence-corrected chi connectivity index (χ3v) is 3.24. The van der Waals surface area contributed by atoms with Crippen molar-refractivity contribution in [3.63, 3.8) is 0 Å². The topological polar surface area (TPSA) is 60.7 Å². The normalized spacial score (nSPS) is 32.4. The van der Waals surface area contributed by atoms with Crippen molar-refractivity contribution >= 4 is 0 Å². The molecule has 0 aromatic heterocycles. The molecule has 1 aliphatic carbocycles. The molecule has 94 valence electrons. The Hall–Kier alpha value is -0.380. The maximum Gasteiger partial charge on any atom is 0.0721 e. The molecule has 1 saturated carbocycles. The van der Waals surface area contributed by atoms with Crippen LogP contribution < -0.4 is 0 Å². The van der Waals surface area contributed by atoms with E-state index in [2.05, 4.69) is 6.92 Å². The molecular formula is C13H24O3. The van der Waals surface area contributed by atoms with Crippen LogP contribution in [0.2, 0.25) is 0 Å². The summed E-state index contributed by atoms with van der Waals surface area (Å²) in [6, 6.07) is 0. The van der Waals surface area contributed by atoms with Gasteiger partial charge in [0.1, 0.15) is 0 Å². The highest BCUT2D eigenvalue weighted by atomic mass is 16.3. The zero-order chi connectivity index (χ0) is 12.0. The standard InChI is InChI=1S/C13H24O3/c1-2-3-4-5-11(14)7-6-10-8-12(15)9-13(10)16/h6-7,10-16H,2-5,8-9H2,1H3. The summed E-state index contributed by atoms with van der Waals surface area (Å²) in [6.45, 7) is 2.14. The van der Waals surface area contributed by atoms with Gasteiger partial charge in [-0.15, -0.1) is 0 Å². The average Bonchev–Trinajstić information content (AvgIpc) is 2.55. The lowest BCUT2D eigenvalue weighted by atomic mass is 10.0. The van der Waals surface area contributed by atoms with E-state index >= 15 is 0 Å². The first kappa shape index (κ1) is 13.7. The minimum absolute atomic E-state index is 0.0100. The van der Waals surface area contributed by atoms with E-state index in [1.54, 1.807) is 6.08 Å². The van der Waals surface area contributed by atoms with Crippen molar-refractivity contribution in [2.75, 3.05) is 0 Å². The molecule has 0 spiro atoms. The van der Waals surface area contributed by atoms with Gasteiger partial charge in [0.2, 0.25) is 0 Å². The average molecular weight is 228 g/mol. The summed E-state index contributed by atoms with van der Waals surface area (Å²) >= 11 is 0. The Balaban J connectivity index is 2.24. The van der Waals surface area contributed by atoms with Gasteiger partial charge in [-0.2, -0.15) is 0 Å². The predicted molar refractivity (Wildman–Crippen MR) is 64.0 cm³/mol. The first-order valence-electron chi connectivity index (χ1n) is 6.36. The first-order valence-corrected chi connectivity index (χ1v) is 6.36. The second kappa shape index (κ2) is 7.05. The zero-order valence-corrected chi connectivity index (χ0v) is 10.0. The van der Waals surface area contributed by atoms with Gasteiger partial charge in [0, 0.05) is 5.92 Å². The molecule has 16 heavy (non-hydrogen) atoms.